The molecule has 32 heavy (non-hydrogen) atoms. The molecule has 0 saturated heterocycles. The third-order valence-electron chi connectivity index (χ3n) is 4.75. The molecule has 2 amide bonds. The van der Waals surface area contributed by atoms with Crippen LogP contribution in [0.4, 0.5) is 0 Å². The van der Waals surface area contributed by atoms with Gasteiger partial charge in [0, 0.05) is 25.1 Å². The van der Waals surface area contributed by atoms with Crippen LogP contribution in [0.2, 0.25) is 0 Å². The molecule has 0 atom stereocenters. The zero-order valence-corrected chi connectivity index (χ0v) is 19.1. The minimum atomic E-state index is -0.345. The van der Waals surface area contributed by atoms with Crippen LogP contribution < -0.4 is 34.3 Å². The van der Waals surface area contributed by atoms with E-state index in [0.717, 1.165) is 5.56 Å². The number of ether oxygens (including phenoxy) is 5. The fourth-order valence-electron chi connectivity index (χ4n) is 3.07. The Morgan fingerprint density at radius 3 is 1.91 bits per heavy atom. The third-order valence-corrected chi connectivity index (χ3v) is 4.75. The third kappa shape index (κ3) is 6.44. The summed E-state index contributed by atoms with van der Waals surface area (Å²) in [6, 6.07) is 8.74. The van der Waals surface area contributed by atoms with Crippen molar-refractivity contribution in [1.29, 1.82) is 0 Å². The SMILES string of the molecule is COc1ccc(CCNC(=O)CCNC(=O)c2cc(OC)c(OC)c(OC)c2)cc1OC. The summed E-state index contributed by atoms with van der Waals surface area (Å²) in [4.78, 5) is 24.6. The number of carbonyl (C=O) groups is 2. The first-order valence-corrected chi connectivity index (χ1v) is 10.0. The molecule has 9 nitrogen and oxygen atoms in total. The Hall–Kier alpha value is -3.62. The number of carbonyl (C=O) groups excluding carboxylic acids is 2. The first-order chi connectivity index (χ1) is 15.5. The summed E-state index contributed by atoms with van der Waals surface area (Å²) in [6.45, 7) is 0.660. The number of benzene rings is 2. The molecule has 2 aromatic carbocycles. The van der Waals surface area contributed by atoms with Crippen LogP contribution in [0.5, 0.6) is 28.7 Å². The van der Waals surface area contributed by atoms with E-state index in [0.29, 0.717) is 47.3 Å². The lowest BCUT2D eigenvalue weighted by atomic mass is 10.1. The standard InChI is InChI=1S/C23H30N2O7/c1-28-17-7-6-15(12-18(17)29-2)8-10-24-21(26)9-11-25-23(27)16-13-19(30-3)22(32-5)20(14-16)31-4/h6-7,12-14H,8-11H2,1-5H3,(H,24,26)(H,25,27). The van der Waals surface area contributed by atoms with E-state index in [1.807, 2.05) is 18.2 Å². The molecule has 0 aliphatic heterocycles. The summed E-state index contributed by atoms with van der Waals surface area (Å²) in [7, 11) is 7.61. The van der Waals surface area contributed by atoms with Gasteiger partial charge >= 0.3 is 0 Å². The molecule has 2 aromatic rings. The number of amides is 2. The lowest BCUT2D eigenvalue weighted by Gasteiger charge is -2.14. The highest BCUT2D eigenvalue weighted by atomic mass is 16.5. The summed E-state index contributed by atoms with van der Waals surface area (Å²) in [5, 5.41) is 5.57. The van der Waals surface area contributed by atoms with Crippen LogP contribution in [0, 0.1) is 0 Å². The average Bonchev–Trinajstić information content (AvgIpc) is 2.82. The van der Waals surface area contributed by atoms with Crippen molar-refractivity contribution in [2.75, 3.05) is 48.6 Å². The molecule has 0 aliphatic carbocycles. The van der Waals surface area contributed by atoms with E-state index in [-0.39, 0.29) is 24.8 Å². The highest BCUT2D eigenvalue weighted by Gasteiger charge is 2.17. The molecule has 0 bridgehead atoms. The monoisotopic (exact) mass is 446 g/mol. The maximum atomic E-state index is 12.5. The smallest absolute Gasteiger partial charge is 0.251 e. The van der Waals surface area contributed by atoms with Gasteiger partial charge in [-0.1, -0.05) is 6.07 Å². The first-order valence-electron chi connectivity index (χ1n) is 10.0. The largest absolute Gasteiger partial charge is 0.493 e. The second kappa shape index (κ2) is 12.3. The van der Waals surface area contributed by atoms with Crippen LogP contribution in [0.1, 0.15) is 22.3 Å². The van der Waals surface area contributed by atoms with E-state index >= 15 is 0 Å². The van der Waals surface area contributed by atoms with Gasteiger partial charge in [-0.25, -0.2) is 0 Å². The average molecular weight is 447 g/mol. The molecule has 2 N–H and O–H groups in total. The van der Waals surface area contributed by atoms with E-state index in [1.165, 1.54) is 21.3 Å². The highest BCUT2D eigenvalue weighted by molar-refractivity contribution is 5.95. The van der Waals surface area contributed by atoms with Gasteiger partial charge in [0.25, 0.3) is 5.91 Å². The number of hydrogen-bond acceptors (Lipinski definition) is 7. The van der Waals surface area contributed by atoms with Gasteiger partial charge in [-0.3, -0.25) is 9.59 Å². The van der Waals surface area contributed by atoms with Gasteiger partial charge in [0.1, 0.15) is 0 Å². The normalized spacial score (nSPS) is 10.2. The molecular weight excluding hydrogens is 416 g/mol. The topological polar surface area (TPSA) is 104 Å². The number of methoxy groups -OCH3 is 5. The summed E-state index contributed by atoms with van der Waals surface area (Å²) >= 11 is 0. The Bertz CT molecular complexity index is 906. The van der Waals surface area contributed by atoms with Gasteiger partial charge in [-0.2, -0.15) is 0 Å². The van der Waals surface area contributed by atoms with E-state index in [2.05, 4.69) is 10.6 Å². The Kier molecular flexibility index (Phi) is 9.46. The maximum absolute atomic E-state index is 12.5. The Balaban J connectivity index is 1.81. The van der Waals surface area contributed by atoms with Crippen LogP contribution >= 0.6 is 0 Å². The van der Waals surface area contributed by atoms with Crippen molar-refractivity contribution in [1.82, 2.24) is 10.6 Å². The van der Waals surface area contributed by atoms with Crippen LogP contribution in [0.3, 0.4) is 0 Å². The molecule has 0 aliphatic rings. The van der Waals surface area contributed by atoms with Crippen molar-refractivity contribution in [2.45, 2.75) is 12.8 Å². The summed E-state index contributed by atoms with van der Waals surface area (Å²) < 4.78 is 26.3. The number of hydrogen-bond donors (Lipinski definition) is 2. The van der Waals surface area contributed by atoms with Gasteiger partial charge in [0.15, 0.2) is 23.0 Å². The van der Waals surface area contributed by atoms with E-state index in [9.17, 15) is 9.59 Å². The van der Waals surface area contributed by atoms with Gasteiger partial charge in [-0.15, -0.1) is 0 Å². The minimum absolute atomic E-state index is 0.155. The van der Waals surface area contributed by atoms with Gasteiger partial charge in [-0.05, 0) is 36.2 Å². The number of nitrogens with one attached hydrogen (secondary N) is 2. The van der Waals surface area contributed by atoms with Crippen molar-refractivity contribution in [3.63, 3.8) is 0 Å². The van der Waals surface area contributed by atoms with E-state index in [4.69, 9.17) is 23.7 Å². The van der Waals surface area contributed by atoms with Gasteiger partial charge in [0.05, 0.1) is 35.5 Å². The summed E-state index contributed by atoms with van der Waals surface area (Å²) in [5.41, 5.74) is 1.35. The Labute approximate surface area is 187 Å². The van der Waals surface area contributed by atoms with Crippen LogP contribution in [0.15, 0.2) is 30.3 Å². The lowest BCUT2D eigenvalue weighted by Crippen LogP contribution is -2.31. The lowest BCUT2D eigenvalue weighted by molar-refractivity contribution is -0.120. The van der Waals surface area contributed by atoms with E-state index < -0.39 is 0 Å². The van der Waals surface area contributed by atoms with Gasteiger partial charge < -0.3 is 34.3 Å². The fraction of sp³-hybridized carbons (Fsp3) is 0.391. The van der Waals surface area contributed by atoms with Crippen molar-refractivity contribution in [2.24, 2.45) is 0 Å². The molecule has 0 spiro atoms. The van der Waals surface area contributed by atoms with Gasteiger partial charge in [0.2, 0.25) is 11.7 Å². The maximum Gasteiger partial charge on any atom is 0.251 e. The minimum Gasteiger partial charge on any atom is -0.493 e. The second-order valence-corrected chi connectivity index (χ2v) is 6.71. The molecule has 0 aromatic heterocycles. The van der Waals surface area contributed by atoms with Crippen molar-refractivity contribution in [3.8, 4) is 28.7 Å². The molecule has 0 radical (unpaired) electrons. The Morgan fingerprint density at radius 2 is 1.34 bits per heavy atom. The predicted molar refractivity (Wildman–Crippen MR) is 119 cm³/mol. The molecule has 0 unspecified atom stereocenters. The molecule has 0 fully saturated rings. The second-order valence-electron chi connectivity index (χ2n) is 6.71. The van der Waals surface area contributed by atoms with Crippen LogP contribution in [-0.4, -0.2) is 60.5 Å². The quantitative estimate of drug-likeness (QED) is 0.515. The molecular formula is C23H30N2O7. The summed E-state index contributed by atoms with van der Waals surface area (Å²) in [6.07, 6.45) is 0.798. The highest BCUT2D eigenvalue weighted by Crippen LogP contribution is 2.38. The molecule has 174 valence electrons. The van der Waals surface area contributed by atoms with Crippen molar-refractivity contribution < 1.29 is 33.3 Å². The molecule has 0 saturated carbocycles. The van der Waals surface area contributed by atoms with Crippen LogP contribution in [0.25, 0.3) is 0 Å². The van der Waals surface area contributed by atoms with Crippen molar-refractivity contribution in [3.05, 3.63) is 41.5 Å². The molecule has 2 rings (SSSR count). The molecule has 9 heteroatoms. The van der Waals surface area contributed by atoms with Crippen LogP contribution in [-0.2, 0) is 11.2 Å². The van der Waals surface area contributed by atoms with E-state index in [1.54, 1.807) is 26.4 Å². The zero-order valence-electron chi connectivity index (χ0n) is 19.1. The summed E-state index contributed by atoms with van der Waals surface area (Å²) in [5.74, 6) is 1.96. The van der Waals surface area contributed by atoms with Crippen molar-refractivity contribution >= 4 is 11.8 Å². The first kappa shape index (κ1) is 24.6. The predicted octanol–water partition coefficient (Wildman–Crippen LogP) is 2.21. The zero-order chi connectivity index (χ0) is 23.5. The fourth-order valence-corrected chi connectivity index (χ4v) is 3.07. The number of rotatable bonds is 12. The molecule has 0 heterocycles. The Morgan fingerprint density at radius 1 is 0.719 bits per heavy atom.